The van der Waals surface area contributed by atoms with Gasteiger partial charge in [0.25, 0.3) is 11.6 Å². The largest absolute Gasteiger partial charge is 0.374 e. The molecule has 0 aromatic heterocycles. The first-order valence-electron chi connectivity index (χ1n) is 6.94. The molecule has 1 aromatic rings. The molecule has 2 aliphatic rings. The average molecular weight is 311 g/mol. The average Bonchev–Trinajstić information content (AvgIpc) is 2.94. The molecular formula is C14H15ClN2O4. The molecule has 0 radical (unpaired) electrons. The van der Waals surface area contributed by atoms with Crippen LogP contribution in [-0.2, 0) is 4.74 Å². The van der Waals surface area contributed by atoms with Crippen LogP contribution in [0.3, 0.4) is 0 Å². The Bertz CT molecular complexity index is 592. The Morgan fingerprint density at radius 1 is 1.43 bits per heavy atom. The van der Waals surface area contributed by atoms with Crippen LogP contribution >= 0.6 is 11.6 Å². The summed E-state index contributed by atoms with van der Waals surface area (Å²) in [5, 5.41) is 10.8. The van der Waals surface area contributed by atoms with E-state index in [0.717, 1.165) is 19.3 Å². The normalized spacial score (nSPS) is 24.7. The molecule has 1 heterocycles. The van der Waals surface area contributed by atoms with E-state index in [9.17, 15) is 14.9 Å². The van der Waals surface area contributed by atoms with Crippen molar-refractivity contribution >= 4 is 23.2 Å². The van der Waals surface area contributed by atoms with Gasteiger partial charge in [-0.05, 0) is 25.3 Å². The third-order valence-electron chi connectivity index (χ3n) is 4.14. The predicted octanol–water partition coefficient (Wildman–Crippen LogP) is 2.64. The van der Waals surface area contributed by atoms with Gasteiger partial charge in [-0.1, -0.05) is 11.6 Å². The van der Waals surface area contributed by atoms with Crippen molar-refractivity contribution in [2.75, 3.05) is 13.2 Å². The van der Waals surface area contributed by atoms with Crippen LogP contribution in [0.5, 0.6) is 0 Å². The van der Waals surface area contributed by atoms with Gasteiger partial charge in [-0.25, -0.2) is 0 Å². The summed E-state index contributed by atoms with van der Waals surface area (Å²) in [6.07, 6.45) is 3.07. The van der Waals surface area contributed by atoms with Crippen molar-refractivity contribution in [2.24, 2.45) is 0 Å². The first-order valence-corrected chi connectivity index (χ1v) is 7.32. The van der Waals surface area contributed by atoms with E-state index in [4.69, 9.17) is 16.3 Å². The molecule has 2 atom stereocenters. The lowest BCUT2D eigenvalue weighted by Crippen LogP contribution is -2.51. The maximum atomic E-state index is 12.7. The van der Waals surface area contributed by atoms with E-state index in [-0.39, 0.29) is 28.8 Å². The third kappa shape index (κ3) is 2.61. The fourth-order valence-electron chi connectivity index (χ4n) is 3.12. The fourth-order valence-corrected chi connectivity index (χ4v) is 3.38. The minimum Gasteiger partial charge on any atom is -0.374 e. The molecule has 0 bridgehead atoms. The highest BCUT2D eigenvalue weighted by Gasteiger charge is 2.39. The summed E-state index contributed by atoms with van der Waals surface area (Å²) < 4.78 is 5.68. The smallest absolute Gasteiger partial charge is 0.270 e. The molecule has 2 fully saturated rings. The Labute approximate surface area is 126 Å². The van der Waals surface area contributed by atoms with E-state index in [2.05, 4.69) is 0 Å². The van der Waals surface area contributed by atoms with E-state index in [1.165, 1.54) is 18.2 Å². The van der Waals surface area contributed by atoms with Gasteiger partial charge >= 0.3 is 0 Å². The van der Waals surface area contributed by atoms with Crippen LogP contribution in [-0.4, -0.2) is 41.0 Å². The highest BCUT2D eigenvalue weighted by molar-refractivity contribution is 6.34. The highest BCUT2D eigenvalue weighted by Crippen LogP contribution is 2.32. The van der Waals surface area contributed by atoms with Crippen molar-refractivity contribution in [2.45, 2.75) is 31.4 Å². The van der Waals surface area contributed by atoms with Gasteiger partial charge in [-0.2, -0.15) is 0 Å². The molecule has 112 valence electrons. The number of ether oxygens (including phenoxy) is 1. The van der Waals surface area contributed by atoms with E-state index < -0.39 is 4.92 Å². The number of morpholine rings is 1. The van der Waals surface area contributed by atoms with Crippen LogP contribution in [0.4, 0.5) is 5.69 Å². The van der Waals surface area contributed by atoms with Crippen LogP contribution in [0, 0.1) is 10.1 Å². The van der Waals surface area contributed by atoms with Gasteiger partial charge in [-0.15, -0.1) is 0 Å². The number of hydrogen-bond acceptors (Lipinski definition) is 4. The standard InChI is InChI=1S/C14H15ClN2O4/c15-11-8-9(17(19)20)4-5-10(11)14(18)16-6-7-21-13-3-1-2-12(13)16/h4-5,8,12-13H,1-3,6-7H2. The van der Waals surface area contributed by atoms with Crippen molar-refractivity contribution < 1.29 is 14.5 Å². The second-order valence-electron chi connectivity index (χ2n) is 5.33. The topological polar surface area (TPSA) is 72.7 Å². The van der Waals surface area contributed by atoms with Gasteiger partial charge < -0.3 is 9.64 Å². The van der Waals surface area contributed by atoms with E-state index >= 15 is 0 Å². The highest BCUT2D eigenvalue weighted by atomic mass is 35.5. The molecular weight excluding hydrogens is 296 g/mol. The zero-order valence-corrected chi connectivity index (χ0v) is 12.1. The zero-order valence-electron chi connectivity index (χ0n) is 11.3. The molecule has 1 saturated carbocycles. The Balaban J connectivity index is 1.86. The van der Waals surface area contributed by atoms with E-state index in [0.29, 0.717) is 18.7 Å². The molecule has 2 unspecified atom stereocenters. The van der Waals surface area contributed by atoms with Crippen LogP contribution in [0.15, 0.2) is 18.2 Å². The zero-order chi connectivity index (χ0) is 15.0. The predicted molar refractivity (Wildman–Crippen MR) is 76.5 cm³/mol. The van der Waals surface area contributed by atoms with Gasteiger partial charge in [0.15, 0.2) is 0 Å². The SMILES string of the molecule is O=C(c1ccc([N+](=O)[O-])cc1Cl)N1CCOC2CCCC21. The van der Waals surface area contributed by atoms with Gasteiger partial charge in [-0.3, -0.25) is 14.9 Å². The summed E-state index contributed by atoms with van der Waals surface area (Å²) in [5.41, 5.74) is 0.201. The Morgan fingerprint density at radius 2 is 2.24 bits per heavy atom. The second kappa shape index (κ2) is 5.61. The van der Waals surface area contributed by atoms with Crippen molar-refractivity contribution in [3.63, 3.8) is 0 Å². The number of carbonyl (C=O) groups excluding carboxylic acids is 1. The third-order valence-corrected chi connectivity index (χ3v) is 4.45. The van der Waals surface area contributed by atoms with Gasteiger partial charge in [0, 0.05) is 18.7 Å². The molecule has 3 rings (SSSR count). The lowest BCUT2D eigenvalue weighted by Gasteiger charge is -2.37. The molecule has 21 heavy (non-hydrogen) atoms. The molecule has 1 aliphatic carbocycles. The van der Waals surface area contributed by atoms with Gasteiger partial charge in [0.2, 0.25) is 0 Å². The van der Waals surface area contributed by atoms with Crippen molar-refractivity contribution in [1.29, 1.82) is 0 Å². The number of halogens is 1. The number of hydrogen-bond donors (Lipinski definition) is 0. The number of nitro groups is 1. The Morgan fingerprint density at radius 3 is 2.95 bits per heavy atom. The van der Waals surface area contributed by atoms with Crippen LogP contribution in [0.1, 0.15) is 29.6 Å². The quantitative estimate of drug-likeness (QED) is 0.622. The summed E-state index contributed by atoms with van der Waals surface area (Å²) in [4.78, 5) is 24.7. The van der Waals surface area contributed by atoms with Crippen LogP contribution in [0.2, 0.25) is 5.02 Å². The number of fused-ring (bicyclic) bond motifs is 1. The molecule has 1 aromatic carbocycles. The number of rotatable bonds is 2. The lowest BCUT2D eigenvalue weighted by molar-refractivity contribution is -0.384. The summed E-state index contributed by atoms with van der Waals surface area (Å²) in [5.74, 6) is -0.171. The molecule has 1 aliphatic heterocycles. The maximum Gasteiger partial charge on any atom is 0.270 e. The van der Waals surface area contributed by atoms with E-state index in [1.54, 1.807) is 4.90 Å². The molecule has 7 heteroatoms. The van der Waals surface area contributed by atoms with Crippen molar-refractivity contribution in [3.8, 4) is 0 Å². The van der Waals surface area contributed by atoms with Crippen LogP contribution in [0.25, 0.3) is 0 Å². The van der Waals surface area contributed by atoms with Crippen molar-refractivity contribution in [3.05, 3.63) is 38.9 Å². The monoisotopic (exact) mass is 310 g/mol. The number of nitro benzene ring substituents is 1. The molecule has 0 spiro atoms. The minimum absolute atomic E-state index is 0.0949. The second-order valence-corrected chi connectivity index (χ2v) is 5.73. The van der Waals surface area contributed by atoms with Crippen LogP contribution < -0.4 is 0 Å². The molecule has 1 amide bonds. The number of carbonyl (C=O) groups is 1. The summed E-state index contributed by atoms with van der Waals surface area (Å²) in [6, 6.07) is 4.06. The summed E-state index contributed by atoms with van der Waals surface area (Å²) >= 11 is 6.05. The lowest BCUT2D eigenvalue weighted by atomic mass is 10.1. The fraction of sp³-hybridized carbons (Fsp3) is 0.500. The first kappa shape index (κ1) is 14.3. The van der Waals surface area contributed by atoms with Crippen molar-refractivity contribution in [1.82, 2.24) is 4.90 Å². The van der Waals surface area contributed by atoms with Gasteiger partial charge in [0.1, 0.15) is 0 Å². The van der Waals surface area contributed by atoms with E-state index in [1.807, 2.05) is 0 Å². The Hall–Kier alpha value is -1.66. The minimum atomic E-state index is -0.526. The first-order chi connectivity index (χ1) is 10.1. The number of benzene rings is 1. The van der Waals surface area contributed by atoms with Gasteiger partial charge in [0.05, 0.1) is 34.3 Å². The number of amides is 1. The molecule has 1 saturated heterocycles. The maximum absolute atomic E-state index is 12.7. The summed E-state index contributed by atoms with van der Waals surface area (Å²) in [7, 11) is 0. The Kier molecular flexibility index (Phi) is 3.82. The summed E-state index contributed by atoms with van der Waals surface area (Å²) in [6.45, 7) is 1.06. The molecule has 0 N–H and O–H groups in total. The number of non-ortho nitro benzene ring substituents is 1. The molecule has 6 nitrogen and oxygen atoms in total. The number of nitrogens with zero attached hydrogens (tertiary/aromatic N) is 2.